The van der Waals surface area contributed by atoms with E-state index >= 15 is 0 Å². The molecule has 0 spiro atoms. The van der Waals surface area contributed by atoms with Crippen LogP contribution in [0.2, 0.25) is 0 Å². The van der Waals surface area contributed by atoms with Crippen molar-refractivity contribution in [1.29, 1.82) is 0 Å². The Labute approximate surface area is 138 Å². The molecule has 0 radical (unpaired) electrons. The number of aromatic nitrogens is 2. The smallest absolute Gasteiger partial charge is 0.194 e. The van der Waals surface area contributed by atoms with Crippen molar-refractivity contribution >= 4 is 16.3 Å². The van der Waals surface area contributed by atoms with Crippen LogP contribution in [0.3, 0.4) is 0 Å². The van der Waals surface area contributed by atoms with Crippen molar-refractivity contribution in [2.45, 2.75) is 20.3 Å². The molecule has 0 unspecified atom stereocenters. The van der Waals surface area contributed by atoms with Crippen LogP contribution in [-0.2, 0) is 6.42 Å². The summed E-state index contributed by atoms with van der Waals surface area (Å²) in [6.07, 6.45) is 0.794. The van der Waals surface area contributed by atoms with Crippen molar-refractivity contribution < 1.29 is 9.47 Å². The van der Waals surface area contributed by atoms with Gasteiger partial charge in [-0.2, -0.15) is 0 Å². The molecule has 0 bridgehead atoms. The molecule has 2 N–H and O–H groups in total. The third-order valence-electron chi connectivity index (χ3n) is 4.23. The third kappa shape index (κ3) is 2.29. The molecule has 0 saturated carbocycles. The number of thiazole rings is 1. The highest BCUT2D eigenvalue weighted by Gasteiger charge is 2.20. The predicted octanol–water partition coefficient (Wildman–Crippen LogP) is 2.95. The number of aryl methyl sites for hydroxylation is 2. The fraction of sp³-hybridized carbons (Fsp3) is 0.353. The van der Waals surface area contributed by atoms with Gasteiger partial charge in [0.05, 0.1) is 11.4 Å². The summed E-state index contributed by atoms with van der Waals surface area (Å²) < 4.78 is 13.5. The van der Waals surface area contributed by atoms with Gasteiger partial charge < -0.3 is 15.2 Å². The van der Waals surface area contributed by atoms with Crippen LogP contribution in [0.4, 0.5) is 0 Å². The summed E-state index contributed by atoms with van der Waals surface area (Å²) in [5.41, 5.74) is 10.3. The lowest BCUT2D eigenvalue weighted by atomic mass is 10.1. The number of ether oxygens (including phenoxy) is 2. The van der Waals surface area contributed by atoms with Gasteiger partial charge in [0.1, 0.15) is 13.2 Å². The van der Waals surface area contributed by atoms with E-state index in [1.54, 1.807) is 11.3 Å². The topological polar surface area (TPSA) is 61.8 Å². The molecule has 0 aliphatic carbocycles. The van der Waals surface area contributed by atoms with Crippen molar-refractivity contribution in [1.82, 2.24) is 9.38 Å². The number of nitrogens with zero attached hydrogens (tertiary/aromatic N) is 2. The van der Waals surface area contributed by atoms with E-state index in [9.17, 15) is 0 Å². The van der Waals surface area contributed by atoms with Gasteiger partial charge in [-0.3, -0.25) is 4.40 Å². The summed E-state index contributed by atoms with van der Waals surface area (Å²) in [6, 6.07) is 6.02. The second kappa shape index (κ2) is 5.54. The highest BCUT2D eigenvalue weighted by Crippen LogP contribution is 2.37. The Bertz CT molecular complexity index is 882. The predicted molar refractivity (Wildman–Crippen MR) is 91.7 cm³/mol. The summed E-state index contributed by atoms with van der Waals surface area (Å²) >= 11 is 1.72. The van der Waals surface area contributed by atoms with Crippen LogP contribution >= 0.6 is 11.3 Å². The molecule has 0 fully saturated rings. The van der Waals surface area contributed by atoms with E-state index in [2.05, 4.69) is 18.2 Å². The van der Waals surface area contributed by atoms with Crippen LogP contribution in [0, 0.1) is 13.8 Å². The zero-order valence-corrected chi connectivity index (χ0v) is 14.1. The number of benzene rings is 1. The van der Waals surface area contributed by atoms with Crippen LogP contribution in [0.5, 0.6) is 11.5 Å². The van der Waals surface area contributed by atoms with E-state index < -0.39 is 0 Å². The maximum absolute atomic E-state index is 5.84. The first-order valence-corrected chi connectivity index (χ1v) is 8.58. The zero-order valence-electron chi connectivity index (χ0n) is 13.3. The molecule has 4 rings (SSSR count). The normalized spacial score (nSPS) is 13.7. The highest BCUT2D eigenvalue weighted by molar-refractivity contribution is 7.17. The van der Waals surface area contributed by atoms with E-state index in [0.717, 1.165) is 34.1 Å². The molecule has 0 amide bonds. The monoisotopic (exact) mass is 329 g/mol. The lowest BCUT2D eigenvalue weighted by Crippen LogP contribution is -2.15. The van der Waals surface area contributed by atoms with Crippen molar-refractivity contribution in [2.75, 3.05) is 19.8 Å². The Morgan fingerprint density at radius 2 is 2.00 bits per heavy atom. The van der Waals surface area contributed by atoms with Gasteiger partial charge in [-0.1, -0.05) is 0 Å². The van der Waals surface area contributed by atoms with Crippen LogP contribution < -0.4 is 15.2 Å². The lowest BCUT2D eigenvalue weighted by Gasteiger charge is -2.18. The number of rotatable bonds is 3. The number of nitrogens with two attached hydrogens (primary N) is 1. The molecular formula is C17H19N3O2S. The zero-order chi connectivity index (χ0) is 16.0. The minimum absolute atomic E-state index is 0.586. The molecule has 5 nitrogen and oxygen atoms in total. The standard InChI is InChI=1S/C17H19N3O2S/c1-10-11(2)23-17-19-16(13(5-6-18)20(10)17)12-3-4-14-15(9-12)22-8-7-21-14/h3-4,9H,5-8,18H2,1-2H3. The Balaban J connectivity index is 1.89. The van der Waals surface area contributed by atoms with Crippen molar-refractivity contribution in [2.24, 2.45) is 5.73 Å². The summed E-state index contributed by atoms with van der Waals surface area (Å²) in [5, 5.41) is 0. The van der Waals surface area contributed by atoms with Crippen LogP contribution in [0.25, 0.3) is 16.2 Å². The molecule has 120 valence electrons. The number of hydrogen-bond donors (Lipinski definition) is 1. The summed E-state index contributed by atoms with van der Waals surface area (Å²) in [5.74, 6) is 1.59. The van der Waals surface area contributed by atoms with E-state index in [-0.39, 0.29) is 0 Å². The average Bonchev–Trinajstić information content (AvgIpc) is 3.05. The molecule has 2 aromatic heterocycles. The van der Waals surface area contributed by atoms with Gasteiger partial charge in [0, 0.05) is 22.6 Å². The number of imidazole rings is 1. The molecule has 1 aromatic carbocycles. The molecule has 3 heterocycles. The van der Waals surface area contributed by atoms with Gasteiger partial charge in [0.25, 0.3) is 0 Å². The minimum atomic E-state index is 0.586. The van der Waals surface area contributed by atoms with E-state index in [0.29, 0.717) is 19.8 Å². The fourth-order valence-electron chi connectivity index (χ4n) is 3.00. The second-order valence-corrected chi connectivity index (χ2v) is 6.85. The van der Waals surface area contributed by atoms with Crippen molar-refractivity contribution in [3.8, 4) is 22.8 Å². The Kier molecular flexibility index (Phi) is 3.50. The average molecular weight is 329 g/mol. The van der Waals surface area contributed by atoms with Gasteiger partial charge in [0.2, 0.25) is 0 Å². The van der Waals surface area contributed by atoms with Gasteiger partial charge in [-0.15, -0.1) is 11.3 Å². The van der Waals surface area contributed by atoms with Gasteiger partial charge in [-0.05, 0) is 38.6 Å². The number of hydrogen-bond acceptors (Lipinski definition) is 5. The second-order valence-electron chi connectivity index (χ2n) is 5.67. The maximum atomic E-state index is 5.84. The molecule has 0 atom stereocenters. The molecule has 0 saturated heterocycles. The van der Waals surface area contributed by atoms with Crippen molar-refractivity contribution in [3.63, 3.8) is 0 Å². The minimum Gasteiger partial charge on any atom is -0.486 e. The van der Waals surface area contributed by atoms with E-state index in [4.69, 9.17) is 20.2 Å². The van der Waals surface area contributed by atoms with Crippen LogP contribution in [0.15, 0.2) is 18.2 Å². The lowest BCUT2D eigenvalue weighted by molar-refractivity contribution is 0.171. The Hall–Kier alpha value is -2.05. The molecule has 3 aromatic rings. The van der Waals surface area contributed by atoms with Gasteiger partial charge in [-0.25, -0.2) is 4.98 Å². The van der Waals surface area contributed by atoms with Crippen LogP contribution in [-0.4, -0.2) is 29.1 Å². The summed E-state index contributed by atoms with van der Waals surface area (Å²) in [6.45, 7) is 6.05. The molecule has 6 heteroatoms. The molecule has 1 aliphatic rings. The fourth-order valence-corrected chi connectivity index (χ4v) is 3.99. The van der Waals surface area contributed by atoms with E-state index in [1.807, 2.05) is 18.2 Å². The molecular weight excluding hydrogens is 310 g/mol. The Morgan fingerprint density at radius 3 is 2.78 bits per heavy atom. The number of fused-ring (bicyclic) bond motifs is 2. The molecule has 23 heavy (non-hydrogen) atoms. The summed E-state index contributed by atoms with van der Waals surface area (Å²) in [7, 11) is 0. The third-order valence-corrected chi connectivity index (χ3v) is 5.29. The van der Waals surface area contributed by atoms with Gasteiger partial charge in [0.15, 0.2) is 16.5 Å². The van der Waals surface area contributed by atoms with Gasteiger partial charge >= 0.3 is 0 Å². The largest absolute Gasteiger partial charge is 0.486 e. The SMILES string of the molecule is Cc1sc2nc(-c3ccc4c(c3)OCCO4)c(CCN)n2c1C. The van der Waals surface area contributed by atoms with E-state index in [1.165, 1.54) is 16.3 Å². The highest BCUT2D eigenvalue weighted by atomic mass is 32.1. The first-order valence-electron chi connectivity index (χ1n) is 7.76. The quantitative estimate of drug-likeness (QED) is 0.802. The first-order chi connectivity index (χ1) is 11.2. The first kappa shape index (κ1) is 14.5. The maximum Gasteiger partial charge on any atom is 0.194 e. The summed E-state index contributed by atoms with van der Waals surface area (Å²) in [4.78, 5) is 7.17. The van der Waals surface area contributed by atoms with Crippen LogP contribution in [0.1, 0.15) is 16.3 Å². The molecule has 1 aliphatic heterocycles. The Morgan fingerprint density at radius 1 is 1.22 bits per heavy atom. The van der Waals surface area contributed by atoms with Crippen molar-refractivity contribution in [3.05, 3.63) is 34.5 Å².